The summed E-state index contributed by atoms with van der Waals surface area (Å²) in [5, 5.41) is 13.4. The maximum atomic E-state index is 13.5. The molecule has 5 aromatic rings. The third-order valence-corrected chi connectivity index (χ3v) is 8.62. The van der Waals surface area contributed by atoms with Crippen LogP contribution in [0.25, 0.3) is 28.0 Å². The van der Waals surface area contributed by atoms with Crippen LogP contribution in [0.5, 0.6) is 0 Å². The molecule has 0 N–H and O–H groups in total. The molecule has 1 fully saturated rings. The monoisotopic (exact) mass is 594 g/mol. The van der Waals surface area contributed by atoms with Crippen LogP contribution in [0, 0.1) is 29.0 Å². The van der Waals surface area contributed by atoms with Crippen molar-refractivity contribution in [2.45, 2.75) is 32.7 Å². The van der Waals surface area contributed by atoms with E-state index >= 15 is 0 Å². The van der Waals surface area contributed by atoms with Crippen LogP contribution >= 0.6 is 11.3 Å². The lowest BCUT2D eigenvalue weighted by molar-refractivity contribution is -0.134. The molecule has 0 radical (unpaired) electrons. The number of nitrogens with zero attached hydrogens (tertiary/aromatic N) is 8. The van der Waals surface area contributed by atoms with Gasteiger partial charge >= 0.3 is 0 Å². The number of anilines is 2. The van der Waals surface area contributed by atoms with Gasteiger partial charge in [0.1, 0.15) is 40.0 Å². The van der Waals surface area contributed by atoms with Crippen molar-refractivity contribution in [3.8, 4) is 28.5 Å². The molecule has 0 atom stereocenters. The number of rotatable bonds is 8. The number of aryl methyl sites for hydroxylation is 2. The largest absolute Gasteiger partial charge is 0.338 e. The molecule has 4 aromatic heterocycles. The fourth-order valence-corrected chi connectivity index (χ4v) is 6.11. The van der Waals surface area contributed by atoms with Crippen molar-refractivity contribution >= 4 is 33.8 Å². The van der Waals surface area contributed by atoms with Crippen LogP contribution in [0.4, 0.5) is 15.3 Å². The number of amides is 1. The maximum absolute atomic E-state index is 13.5. The molecule has 216 valence electrons. The summed E-state index contributed by atoms with van der Waals surface area (Å²) in [5.41, 5.74) is 6.13. The van der Waals surface area contributed by atoms with Crippen molar-refractivity contribution in [2.75, 3.05) is 25.0 Å². The van der Waals surface area contributed by atoms with Crippen LogP contribution in [-0.4, -0.2) is 56.3 Å². The van der Waals surface area contributed by atoms with Gasteiger partial charge in [0.25, 0.3) is 0 Å². The molecule has 6 rings (SSSR count). The molecular weight excluding hydrogens is 567 g/mol. The van der Waals surface area contributed by atoms with Gasteiger partial charge in [-0.05, 0) is 55.8 Å². The SMILES string of the molecule is CCc1nc2ccc(-c3ccc(CC(=O)N4CC(N=O)C4)nc3C)cn2c1N(C)c1nc(-c2ccc(F)cc2)c(C#N)s1. The number of carbonyl (C=O) groups is 1. The van der Waals surface area contributed by atoms with Gasteiger partial charge in [-0.25, -0.2) is 14.4 Å². The fourth-order valence-electron chi connectivity index (χ4n) is 5.26. The number of thiazole rings is 1. The van der Waals surface area contributed by atoms with E-state index in [4.69, 9.17) is 15.0 Å². The van der Waals surface area contributed by atoms with Crippen molar-refractivity contribution in [2.24, 2.45) is 5.18 Å². The van der Waals surface area contributed by atoms with E-state index < -0.39 is 0 Å². The Morgan fingerprint density at radius 2 is 1.86 bits per heavy atom. The molecule has 12 heteroatoms. The van der Waals surface area contributed by atoms with Crippen molar-refractivity contribution in [1.29, 1.82) is 5.26 Å². The zero-order valence-electron chi connectivity index (χ0n) is 23.8. The number of benzene rings is 1. The van der Waals surface area contributed by atoms with E-state index in [2.05, 4.69) is 11.2 Å². The Kier molecular flexibility index (Phi) is 7.41. The number of imidazole rings is 1. The Labute approximate surface area is 251 Å². The number of halogens is 1. The summed E-state index contributed by atoms with van der Waals surface area (Å²) < 4.78 is 15.5. The highest BCUT2D eigenvalue weighted by atomic mass is 32.1. The minimum Gasteiger partial charge on any atom is -0.338 e. The summed E-state index contributed by atoms with van der Waals surface area (Å²) in [6.45, 7) is 4.69. The summed E-state index contributed by atoms with van der Waals surface area (Å²) in [4.78, 5) is 41.5. The Balaban J connectivity index is 1.32. The van der Waals surface area contributed by atoms with Crippen molar-refractivity contribution in [3.05, 3.63) is 87.4 Å². The molecule has 1 aliphatic rings. The minimum absolute atomic E-state index is 0.0662. The van der Waals surface area contributed by atoms with E-state index in [1.54, 1.807) is 17.0 Å². The molecule has 5 heterocycles. The Morgan fingerprint density at radius 1 is 1.12 bits per heavy atom. The van der Waals surface area contributed by atoms with E-state index in [0.29, 0.717) is 46.5 Å². The second kappa shape index (κ2) is 11.3. The highest BCUT2D eigenvalue weighted by Gasteiger charge is 2.31. The first-order valence-corrected chi connectivity index (χ1v) is 14.6. The number of pyridine rings is 2. The standard InChI is InChI=1S/C31H27FN8O2S/c1-4-25-30(38(3)31-36-29(26(14-33)43-31)19-5-8-21(32)9-6-19)40-15-20(7-12-27(40)35-25)24-11-10-22(34-18(24)2)13-28(41)39-16-23(17-39)37-42/h5-12,15,23H,4,13,16-17H2,1-3H3. The molecule has 1 saturated heterocycles. The average molecular weight is 595 g/mol. The second-order valence-corrected chi connectivity index (χ2v) is 11.4. The molecule has 1 aliphatic heterocycles. The lowest BCUT2D eigenvalue weighted by Gasteiger charge is -2.34. The van der Waals surface area contributed by atoms with Gasteiger partial charge in [-0.2, -0.15) is 10.2 Å². The first-order chi connectivity index (χ1) is 20.8. The van der Waals surface area contributed by atoms with Gasteiger partial charge in [-0.1, -0.05) is 29.5 Å². The molecule has 1 amide bonds. The predicted octanol–water partition coefficient (Wildman–Crippen LogP) is 5.69. The van der Waals surface area contributed by atoms with Gasteiger partial charge in [-0.3, -0.25) is 14.2 Å². The number of carbonyl (C=O) groups excluding carboxylic acids is 1. The quantitative estimate of drug-likeness (QED) is 0.212. The lowest BCUT2D eigenvalue weighted by Crippen LogP contribution is -2.53. The first kappa shape index (κ1) is 28.1. The van der Waals surface area contributed by atoms with Gasteiger partial charge in [0.05, 0.1) is 17.8 Å². The summed E-state index contributed by atoms with van der Waals surface area (Å²) in [7, 11) is 1.90. The molecule has 0 aliphatic carbocycles. The first-order valence-electron chi connectivity index (χ1n) is 13.8. The summed E-state index contributed by atoms with van der Waals surface area (Å²) in [6, 6.07) is 15.7. The Morgan fingerprint density at radius 3 is 2.53 bits per heavy atom. The van der Waals surface area contributed by atoms with Crippen LogP contribution in [-0.2, 0) is 17.6 Å². The summed E-state index contributed by atoms with van der Waals surface area (Å²) in [5.74, 6) is 0.410. The Hall–Kier alpha value is -5.02. The molecule has 0 saturated carbocycles. The van der Waals surface area contributed by atoms with E-state index in [1.165, 1.54) is 23.5 Å². The normalized spacial score (nSPS) is 13.1. The third kappa shape index (κ3) is 5.23. The number of nitroso groups, excluding NO2 is 1. The van der Waals surface area contributed by atoms with E-state index in [9.17, 15) is 19.4 Å². The highest BCUT2D eigenvalue weighted by Crippen LogP contribution is 2.37. The topological polar surface area (TPSA) is 120 Å². The third-order valence-electron chi connectivity index (χ3n) is 7.59. The van der Waals surface area contributed by atoms with Gasteiger partial charge in [0, 0.05) is 48.7 Å². The van der Waals surface area contributed by atoms with Gasteiger partial charge in [0.15, 0.2) is 5.13 Å². The smallest absolute Gasteiger partial charge is 0.228 e. The van der Waals surface area contributed by atoms with Crippen molar-refractivity contribution < 1.29 is 9.18 Å². The second-order valence-electron chi connectivity index (χ2n) is 10.4. The maximum Gasteiger partial charge on any atom is 0.228 e. The number of hydrogen-bond acceptors (Lipinski definition) is 9. The molecule has 0 unspecified atom stereocenters. The fraction of sp³-hybridized carbons (Fsp3) is 0.258. The van der Waals surface area contributed by atoms with Gasteiger partial charge < -0.3 is 9.80 Å². The van der Waals surface area contributed by atoms with E-state index in [0.717, 1.165) is 34.0 Å². The van der Waals surface area contributed by atoms with Crippen LogP contribution < -0.4 is 4.90 Å². The summed E-state index contributed by atoms with van der Waals surface area (Å²) >= 11 is 1.27. The average Bonchev–Trinajstić information content (AvgIpc) is 3.58. The highest BCUT2D eigenvalue weighted by molar-refractivity contribution is 7.16. The number of aromatic nitrogens is 4. The number of hydrogen-bond donors (Lipinski definition) is 0. The van der Waals surface area contributed by atoms with Crippen LogP contribution in [0.2, 0.25) is 0 Å². The zero-order valence-corrected chi connectivity index (χ0v) is 24.6. The van der Waals surface area contributed by atoms with E-state index in [1.807, 2.05) is 60.7 Å². The van der Waals surface area contributed by atoms with Crippen LogP contribution in [0.1, 0.15) is 28.9 Å². The molecule has 1 aromatic carbocycles. The lowest BCUT2D eigenvalue weighted by atomic mass is 10.0. The number of nitriles is 1. The number of likely N-dealkylation sites (tertiary alicyclic amines) is 1. The molecule has 0 bridgehead atoms. The van der Waals surface area contributed by atoms with Crippen LogP contribution in [0.15, 0.2) is 59.9 Å². The molecule has 10 nitrogen and oxygen atoms in total. The molecule has 0 spiro atoms. The predicted molar refractivity (Wildman–Crippen MR) is 163 cm³/mol. The van der Waals surface area contributed by atoms with E-state index in [-0.39, 0.29) is 24.2 Å². The molecular formula is C31H27FN8O2S. The van der Waals surface area contributed by atoms with Gasteiger partial charge in [-0.15, -0.1) is 0 Å². The Bertz CT molecular complexity index is 1900. The molecule has 43 heavy (non-hydrogen) atoms. The minimum atomic E-state index is -0.351. The van der Waals surface area contributed by atoms with Crippen LogP contribution in [0.3, 0.4) is 0 Å². The number of fused-ring (bicyclic) bond motifs is 1. The van der Waals surface area contributed by atoms with Gasteiger partial charge in [0.2, 0.25) is 5.91 Å². The van der Waals surface area contributed by atoms with Crippen molar-refractivity contribution in [1.82, 2.24) is 24.3 Å². The van der Waals surface area contributed by atoms with Crippen molar-refractivity contribution in [3.63, 3.8) is 0 Å². The summed E-state index contributed by atoms with van der Waals surface area (Å²) in [6.07, 6.45) is 2.86. The zero-order chi connectivity index (χ0) is 30.2.